The minimum Gasteiger partial charge on any atom is -0.356 e. The van der Waals surface area contributed by atoms with Crippen molar-refractivity contribution < 1.29 is 4.52 Å². The molecule has 0 fully saturated rings. The summed E-state index contributed by atoms with van der Waals surface area (Å²) in [5.74, 6) is 2.49. The Labute approximate surface area is 137 Å². The zero-order valence-electron chi connectivity index (χ0n) is 14.3. The van der Waals surface area contributed by atoms with Gasteiger partial charge in [-0.3, -0.25) is 4.99 Å². The SMILES string of the molecule is CN=C(NCCc1nc(C)no1)NCC(C)c1ccc(C)cc1. The molecule has 1 heterocycles. The van der Waals surface area contributed by atoms with E-state index in [0.717, 1.165) is 12.5 Å². The average molecular weight is 315 g/mol. The van der Waals surface area contributed by atoms with E-state index in [-0.39, 0.29) is 0 Å². The Bertz CT molecular complexity index is 633. The summed E-state index contributed by atoms with van der Waals surface area (Å²) >= 11 is 0. The first-order valence-electron chi connectivity index (χ1n) is 7.88. The second-order valence-corrected chi connectivity index (χ2v) is 5.68. The highest BCUT2D eigenvalue weighted by Gasteiger charge is 2.07. The first kappa shape index (κ1) is 17.0. The van der Waals surface area contributed by atoms with Gasteiger partial charge in [0.15, 0.2) is 11.8 Å². The Hall–Kier alpha value is -2.37. The molecule has 0 bridgehead atoms. The quantitative estimate of drug-likeness (QED) is 0.631. The van der Waals surface area contributed by atoms with Gasteiger partial charge in [0, 0.05) is 26.6 Å². The number of aliphatic imine (C=N–C) groups is 1. The summed E-state index contributed by atoms with van der Waals surface area (Å²) < 4.78 is 5.08. The van der Waals surface area contributed by atoms with Gasteiger partial charge in [0.1, 0.15) is 0 Å². The number of aryl methyl sites for hydroxylation is 2. The summed E-state index contributed by atoms with van der Waals surface area (Å²) in [6.07, 6.45) is 0.676. The third kappa shape index (κ3) is 5.39. The molecule has 0 aliphatic rings. The van der Waals surface area contributed by atoms with Crippen LogP contribution in [0, 0.1) is 13.8 Å². The van der Waals surface area contributed by atoms with Crippen molar-refractivity contribution in [3.8, 4) is 0 Å². The molecule has 1 unspecified atom stereocenters. The normalized spacial score (nSPS) is 13.0. The lowest BCUT2D eigenvalue weighted by Crippen LogP contribution is -2.39. The summed E-state index contributed by atoms with van der Waals surface area (Å²) in [6.45, 7) is 7.63. The summed E-state index contributed by atoms with van der Waals surface area (Å²) in [7, 11) is 1.77. The molecule has 0 aliphatic carbocycles. The molecule has 1 aromatic carbocycles. The highest BCUT2D eigenvalue weighted by Crippen LogP contribution is 2.14. The van der Waals surface area contributed by atoms with E-state index in [1.165, 1.54) is 11.1 Å². The molecule has 0 amide bonds. The smallest absolute Gasteiger partial charge is 0.228 e. The van der Waals surface area contributed by atoms with Crippen molar-refractivity contribution in [3.63, 3.8) is 0 Å². The molecular formula is C17H25N5O. The summed E-state index contributed by atoms with van der Waals surface area (Å²) in [5.41, 5.74) is 2.60. The van der Waals surface area contributed by atoms with Gasteiger partial charge < -0.3 is 15.2 Å². The van der Waals surface area contributed by atoms with Crippen LogP contribution in [-0.4, -0.2) is 36.2 Å². The van der Waals surface area contributed by atoms with Crippen LogP contribution in [0.5, 0.6) is 0 Å². The fraction of sp³-hybridized carbons (Fsp3) is 0.471. The first-order valence-corrected chi connectivity index (χ1v) is 7.88. The van der Waals surface area contributed by atoms with Crippen LogP contribution in [0.4, 0.5) is 0 Å². The van der Waals surface area contributed by atoms with Crippen molar-refractivity contribution in [3.05, 3.63) is 47.1 Å². The maximum atomic E-state index is 5.08. The zero-order chi connectivity index (χ0) is 16.7. The van der Waals surface area contributed by atoms with E-state index < -0.39 is 0 Å². The van der Waals surface area contributed by atoms with E-state index in [2.05, 4.69) is 63.9 Å². The molecule has 0 saturated carbocycles. The van der Waals surface area contributed by atoms with Crippen LogP contribution in [0.3, 0.4) is 0 Å². The number of rotatable bonds is 6. The molecular weight excluding hydrogens is 290 g/mol. The minimum absolute atomic E-state index is 0.410. The van der Waals surface area contributed by atoms with Gasteiger partial charge in [-0.1, -0.05) is 41.9 Å². The van der Waals surface area contributed by atoms with Gasteiger partial charge in [0.25, 0.3) is 0 Å². The van der Waals surface area contributed by atoms with E-state index in [1.54, 1.807) is 7.05 Å². The molecule has 124 valence electrons. The van der Waals surface area contributed by atoms with Crippen molar-refractivity contribution in [2.24, 2.45) is 4.99 Å². The van der Waals surface area contributed by atoms with Gasteiger partial charge in [0.05, 0.1) is 0 Å². The molecule has 1 atom stereocenters. The lowest BCUT2D eigenvalue weighted by molar-refractivity contribution is 0.374. The molecule has 2 aromatic rings. The minimum atomic E-state index is 0.410. The van der Waals surface area contributed by atoms with Crippen LogP contribution >= 0.6 is 0 Å². The summed E-state index contributed by atoms with van der Waals surface area (Å²) in [5, 5.41) is 10.4. The third-order valence-corrected chi connectivity index (χ3v) is 3.65. The van der Waals surface area contributed by atoms with Crippen molar-refractivity contribution in [2.45, 2.75) is 33.1 Å². The van der Waals surface area contributed by atoms with Crippen molar-refractivity contribution in [1.29, 1.82) is 0 Å². The Kier molecular flexibility index (Phi) is 6.14. The fourth-order valence-electron chi connectivity index (χ4n) is 2.21. The van der Waals surface area contributed by atoms with Gasteiger partial charge in [-0.15, -0.1) is 0 Å². The molecule has 0 spiro atoms. The lowest BCUT2D eigenvalue weighted by Gasteiger charge is -2.16. The summed E-state index contributed by atoms with van der Waals surface area (Å²) in [4.78, 5) is 8.41. The van der Waals surface area contributed by atoms with Crippen LogP contribution in [0.15, 0.2) is 33.8 Å². The van der Waals surface area contributed by atoms with Crippen molar-refractivity contribution in [2.75, 3.05) is 20.1 Å². The lowest BCUT2D eigenvalue weighted by atomic mass is 10.0. The van der Waals surface area contributed by atoms with Crippen LogP contribution in [0.2, 0.25) is 0 Å². The Morgan fingerprint density at radius 2 is 1.96 bits per heavy atom. The van der Waals surface area contributed by atoms with E-state index in [4.69, 9.17) is 4.52 Å². The molecule has 2 N–H and O–H groups in total. The molecule has 23 heavy (non-hydrogen) atoms. The Morgan fingerprint density at radius 1 is 1.22 bits per heavy atom. The number of guanidine groups is 1. The van der Waals surface area contributed by atoms with Crippen molar-refractivity contribution >= 4 is 5.96 Å². The second-order valence-electron chi connectivity index (χ2n) is 5.68. The standard InChI is InChI=1S/C17H25N5O/c1-12-5-7-15(8-6-12)13(2)11-20-17(18-4)19-10-9-16-21-14(3)22-23-16/h5-8,13H,9-11H2,1-4H3,(H2,18,19,20). The summed E-state index contributed by atoms with van der Waals surface area (Å²) in [6, 6.07) is 8.64. The molecule has 0 radical (unpaired) electrons. The molecule has 6 heteroatoms. The molecule has 6 nitrogen and oxygen atoms in total. The van der Waals surface area contributed by atoms with Crippen LogP contribution < -0.4 is 10.6 Å². The first-order chi connectivity index (χ1) is 11.1. The van der Waals surface area contributed by atoms with Crippen LogP contribution in [0.1, 0.15) is 35.7 Å². The molecule has 1 aromatic heterocycles. The number of benzene rings is 1. The van der Waals surface area contributed by atoms with E-state index in [0.29, 0.717) is 30.6 Å². The monoisotopic (exact) mass is 315 g/mol. The Balaban J connectivity index is 1.75. The van der Waals surface area contributed by atoms with Gasteiger partial charge >= 0.3 is 0 Å². The second kappa shape index (κ2) is 8.31. The highest BCUT2D eigenvalue weighted by atomic mass is 16.5. The largest absolute Gasteiger partial charge is 0.356 e. The predicted molar refractivity (Wildman–Crippen MR) is 91.7 cm³/mol. The van der Waals surface area contributed by atoms with Gasteiger partial charge in [-0.05, 0) is 25.3 Å². The fourth-order valence-corrected chi connectivity index (χ4v) is 2.21. The maximum Gasteiger partial charge on any atom is 0.228 e. The van der Waals surface area contributed by atoms with Gasteiger partial charge in [-0.25, -0.2) is 0 Å². The number of hydrogen-bond acceptors (Lipinski definition) is 4. The predicted octanol–water partition coefficient (Wildman–Crippen LogP) is 2.20. The molecule has 0 saturated heterocycles. The Morgan fingerprint density at radius 3 is 2.57 bits per heavy atom. The highest BCUT2D eigenvalue weighted by molar-refractivity contribution is 5.79. The third-order valence-electron chi connectivity index (χ3n) is 3.65. The van der Waals surface area contributed by atoms with Crippen molar-refractivity contribution in [1.82, 2.24) is 20.8 Å². The van der Waals surface area contributed by atoms with Gasteiger partial charge in [0.2, 0.25) is 5.89 Å². The van der Waals surface area contributed by atoms with Crippen LogP contribution in [0.25, 0.3) is 0 Å². The number of aromatic nitrogens is 2. The van der Waals surface area contributed by atoms with E-state index >= 15 is 0 Å². The number of nitrogens with zero attached hydrogens (tertiary/aromatic N) is 3. The van der Waals surface area contributed by atoms with Gasteiger partial charge in [-0.2, -0.15) is 4.98 Å². The number of nitrogens with one attached hydrogen (secondary N) is 2. The molecule has 0 aliphatic heterocycles. The zero-order valence-corrected chi connectivity index (χ0v) is 14.3. The average Bonchev–Trinajstić information content (AvgIpc) is 2.96. The number of hydrogen-bond donors (Lipinski definition) is 2. The van der Waals surface area contributed by atoms with E-state index in [9.17, 15) is 0 Å². The molecule has 2 rings (SSSR count). The topological polar surface area (TPSA) is 75.3 Å². The van der Waals surface area contributed by atoms with Crippen LogP contribution in [-0.2, 0) is 6.42 Å². The van der Waals surface area contributed by atoms with E-state index in [1.807, 2.05) is 6.92 Å². The maximum absolute atomic E-state index is 5.08.